The van der Waals surface area contributed by atoms with Gasteiger partial charge in [0.2, 0.25) is 5.69 Å². The quantitative estimate of drug-likeness (QED) is 0.369. The van der Waals surface area contributed by atoms with Crippen LogP contribution in [0.2, 0.25) is 5.02 Å². The van der Waals surface area contributed by atoms with E-state index in [-0.39, 0.29) is 34.7 Å². The molecule has 0 aliphatic heterocycles. The third-order valence-corrected chi connectivity index (χ3v) is 6.22. The first kappa shape index (κ1) is 22.2. The topological polar surface area (TPSA) is 39.9 Å². The van der Waals surface area contributed by atoms with Gasteiger partial charge in [-0.15, -0.1) is 0 Å². The van der Waals surface area contributed by atoms with Crippen LogP contribution in [0.5, 0.6) is 11.5 Å². The van der Waals surface area contributed by atoms with E-state index in [2.05, 4.69) is 32.5 Å². The number of halogens is 1. The van der Waals surface area contributed by atoms with Crippen molar-refractivity contribution in [1.29, 1.82) is 0 Å². The van der Waals surface area contributed by atoms with E-state index in [9.17, 15) is 4.79 Å². The normalized spacial score (nSPS) is 21.4. The maximum absolute atomic E-state index is 12.1. The predicted octanol–water partition coefficient (Wildman–Crippen LogP) is 6.99. The molecular formula is C25H28ClNO3. The van der Waals surface area contributed by atoms with Gasteiger partial charge < -0.3 is 9.47 Å². The molecule has 1 saturated carbocycles. The number of carbonyl (C=O) groups is 1. The minimum Gasteiger partial charge on any atom is -0.489 e. The standard InChI is InChI=1S/C25H28ClNO3/c1-15(2)21(28)16-8-10-17(11-9-16)29-22-24(3,4)23(25(22,5)6)30-18-12-13-20(27-7)19(26)14-18/h8-15,22-23H,1-6H3. The van der Waals surface area contributed by atoms with Gasteiger partial charge in [-0.2, -0.15) is 0 Å². The maximum atomic E-state index is 12.1. The van der Waals surface area contributed by atoms with Crippen molar-refractivity contribution in [2.24, 2.45) is 16.7 Å². The van der Waals surface area contributed by atoms with Crippen LogP contribution < -0.4 is 9.47 Å². The third kappa shape index (κ3) is 3.91. The Kier molecular flexibility index (Phi) is 5.89. The molecule has 5 heteroatoms. The van der Waals surface area contributed by atoms with E-state index in [1.807, 2.05) is 38.1 Å². The molecule has 1 aliphatic rings. The van der Waals surface area contributed by atoms with Gasteiger partial charge in [-0.3, -0.25) is 4.79 Å². The van der Waals surface area contributed by atoms with Gasteiger partial charge in [-0.1, -0.05) is 59.2 Å². The van der Waals surface area contributed by atoms with Crippen LogP contribution in [0.1, 0.15) is 51.9 Å². The van der Waals surface area contributed by atoms with Crippen molar-refractivity contribution in [3.8, 4) is 11.5 Å². The highest BCUT2D eigenvalue weighted by Crippen LogP contribution is 2.57. The second-order valence-electron chi connectivity index (χ2n) is 9.41. The van der Waals surface area contributed by atoms with Crippen molar-refractivity contribution in [3.63, 3.8) is 0 Å². The van der Waals surface area contributed by atoms with E-state index in [1.54, 1.807) is 18.2 Å². The van der Waals surface area contributed by atoms with Crippen LogP contribution in [0.4, 0.5) is 5.69 Å². The molecule has 3 rings (SSSR count). The first-order chi connectivity index (χ1) is 14.0. The van der Waals surface area contributed by atoms with Crippen LogP contribution in [0.15, 0.2) is 42.5 Å². The Balaban J connectivity index is 1.75. The largest absolute Gasteiger partial charge is 0.489 e. The molecule has 0 unspecified atom stereocenters. The second kappa shape index (κ2) is 7.96. The third-order valence-electron chi connectivity index (χ3n) is 5.91. The lowest BCUT2D eigenvalue weighted by molar-refractivity contribution is -0.224. The van der Waals surface area contributed by atoms with Gasteiger partial charge in [-0.25, -0.2) is 4.85 Å². The highest BCUT2D eigenvalue weighted by Gasteiger charge is 2.65. The van der Waals surface area contributed by atoms with Gasteiger partial charge in [0, 0.05) is 22.3 Å². The number of hydrogen-bond acceptors (Lipinski definition) is 3. The summed E-state index contributed by atoms with van der Waals surface area (Å²) in [6, 6.07) is 12.5. The van der Waals surface area contributed by atoms with Crippen molar-refractivity contribution >= 4 is 23.1 Å². The lowest BCUT2D eigenvalue weighted by Gasteiger charge is -2.62. The Labute approximate surface area is 184 Å². The number of ether oxygens (including phenoxy) is 2. The first-order valence-corrected chi connectivity index (χ1v) is 10.5. The zero-order valence-corrected chi connectivity index (χ0v) is 19.1. The Morgan fingerprint density at radius 1 is 0.967 bits per heavy atom. The minimum atomic E-state index is -0.249. The number of rotatable bonds is 6. The molecule has 1 fully saturated rings. The molecule has 4 nitrogen and oxygen atoms in total. The van der Waals surface area contributed by atoms with E-state index in [0.29, 0.717) is 22.0 Å². The van der Waals surface area contributed by atoms with E-state index in [4.69, 9.17) is 27.6 Å². The van der Waals surface area contributed by atoms with Gasteiger partial charge in [0.05, 0.1) is 11.6 Å². The number of hydrogen-bond donors (Lipinski definition) is 0. The second-order valence-corrected chi connectivity index (χ2v) is 9.81. The summed E-state index contributed by atoms with van der Waals surface area (Å²) in [6.07, 6.45) is -0.161. The Morgan fingerprint density at radius 3 is 1.93 bits per heavy atom. The van der Waals surface area contributed by atoms with Gasteiger partial charge in [0.25, 0.3) is 0 Å². The average Bonchev–Trinajstić information content (AvgIpc) is 2.69. The Bertz CT molecular complexity index is 970. The van der Waals surface area contributed by atoms with Crippen molar-refractivity contribution in [2.45, 2.75) is 53.8 Å². The predicted molar refractivity (Wildman–Crippen MR) is 120 cm³/mol. The molecule has 0 spiro atoms. The molecule has 0 amide bonds. The smallest absolute Gasteiger partial charge is 0.205 e. The van der Waals surface area contributed by atoms with Crippen LogP contribution in [-0.4, -0.2) is 18.0 Å². The van der Waals surface area contributed by atoms with Gasteiger partial charge in [0.1, 0.15) is 23.7 Å². The Morgan fingerprint density at radius 2 is 1.47 bits per heavy atom. The Hall–Kier alpha value is -2.51. The molecule has 0 atom stereocenters. The molecule has 0 saturated heterocycles. The molecule has 0 bridgehead atoms. The molecule has 2 aromatic rings. The summed E-state index contributed by atoms with van der Waals surface area (Å²) >= 11 is 6.16. The van der Waals surface area contributed by atoms with Gasteiger partial charge in [0.15, 0.2) is 5.78 Å². The van der Waals surface area contributed by atoms with Gasteiger partial charge >= 0.3 is 0 Å². The van der Waals surface area contributed by atoms with Crippen LogP contribution in [-0.2, 0) is 0 Å². The van der Waals surface area contributed by atoms with E-state index >= 15 is 0 Å². The summed E-state index contributed by atoms with van der Waals surface area (Å²) < 4.78 is 12.6. The number of ketones is 1. The molecule has 0 N–H and O–H groups in total. The zero-order valence-electron chi connectivity index (χ0n) is 18.3. The number of Topliss-reactive ketones (excluding diaryl/α,β-unsaturated/α-hetero) is 1. The molecule has 0 radical (unpaired) electrons. The van der Waals surface area contributed by atoms with E-state index < -0.39 is 0 Å². The highest BCUT2D eigenvalue weighted by atomic mass is 35.5. The molecule has 1 aliphatic carbocycles. The summed E-state index contributed by atoms with van der Waals surface area (Å²) in [6.45, 7) is 19.4. The van der Waals surface area contributed by atoms with E-state index in [0.717, 1.165) is 5.75 Å². The zero-order chi connectivity index (χ0) is 22.3. The average molecular weight is 426 g/mol. The lowest BCUT2D eigenvalue weighted by atomic mass is 9.51. The number of nitrogens with zero attached hydrogens (tertiary/aromatic N) is 1. The van der Waals surface area contributed by atoms with Crippen molar-refractivity contribution in [1.82, 2.24) is 0 Å². The SMILES string of the molecule is [C-]#[N+]c1ccc(OC2C(C)(C)C(Oc3ccc(C(=O)C(C)C)cc3)C2(C)C)cc1Cl. The fourth-order valence-electron chi connectivity index (χ4n) is 4.66. The fraction of sp³-hybridized carbons (Fsp3) is 0.440. The molecule has 0 heterocycles. The summed E-state index contributed by atoms with van der Waals surface area (Å²) in [5.41, 5.74) is 0.615. The summed E-state index contributed by atoms with van der Waals surface area (Å²) in [4.78, 5) is 15.5. The summed E-state index contributed by atoms with van der Waals surface area (Å²) in [5, 5.41) is 0.390. The number of benzene rings is 2. The van der Waals surface area contributed by atoms with Crippen molar-refractivity contribution in [3.05, 3.63) is 64.5 Å². The number of carbonyl (C=O) groups excluding carboxylic acids is 1. The molecule has 2 aromatic carbocycles. The molecular weight excluding hydrogens is 398 g/mol. The molecule has 158 valence electrons. The first-order valence-electron chi connectivity index (χ1n) is 10.1. The van der Waals surface area contributed by atoms with Gasteiger partial charge in [-0.05, 0) is 36.4 Å². The van der Waals surface area contributed by atoms with Crippen molar-refractivity contribution in [2.75, 3.05) is 0 Å². The van der Waals surface area contributed by atoms with Crippen LogP contribution in [0.3, 0.4) is 0 Å². The van der Waals surface area contributed by atoms with E-state index in [1.165, 1.54) is 0 Å². The summed E-state index contributed by atoms with van der Waals surface area (Å²) in [5.74, 6) is 1.48. The fourth-order valence-corrected chi connectivity index (χ4v) is 4.87. The molecule has 0 aromatic heterocycles. The monoisotopic (exact) mass is 425 g/mol. The highest BCUT2D eigenvalue weighted by molar-refractivity contribution is 6.33. The minimum absolute atomic E-state index is 0.0310. The maximum Gasteiger partial charge on any atom is 0.205 e. The van der Waals surface area contributed by atoms with Crippen LogP contribution in [0.25, 0.3) is 4.85 Å². The lowest BCUT2D eigenvalue weighted by Crippen LogP contribution is -2.71. The van der Waals surface area contributed by atoms with Crippen molar-refractivity contribution < 1.29 is 14.3 Å². The molecule has 30 heavy (non-hydrogen) atoms. The summed E-state index contributed by atoms with van der Waals surface area (Å²) in [7, 11) is 0. The van der Waals surface area contributed by atoms with Crippen LogP contribution >= 0.6 is 11.6 Å². The van der Waals surface area contributed by atoms with Crippen LogP contribution in [0, 0.1) is 23.3 Å².